The topological polar surface area (TPSA) is 60.1 Å². The van der Waals surface area contributed by atoms with Crippen LogP contribution in [0.3, 0.4) is 0 Å². The number of carbonyl (C=O) groups is 1. The Kier molecular flexibility index (Phi) is 3.87. The molecule has 5 nitrogen and oxygen atoms in total. The highest BCUT2D eigenvalue weighted by Gasteiger charge is 2.45. The summed E-state index contributed by atoms with van der Waals surface area (Å²) in [5.74, 6) is 1.33. The molecule has 0 radical (unpaired) electrons. The third-order valence-corrected chi connectivity index (χ3v) is 4.60. The van der Waals surface area contributed by atoms with E-state index in [-0.39, 0.29) is 23.6 Å². The van der Waals surface area contributed by atoms with Crippen LogP contribution in [0, 0.1) is 18.7 Å². The van der Waals surface area contributed by atoms with Crippen molar-refractivity contribution in [2.45, 2.75) is 25.8 Å². The van der Waals surface area contributed by atoms with Gasteiger partial charge in [0.05, 0.1) is 12.0 Å². The fourth-order valence-corrected chi connectivity index (χ4v) is 3.11. The standard InChI is InChI=1S/C19H18FN3O2/c1-12-21-6-7-23(12)17-5-4-13(9-16(17)20)11-22-19(24)15-10-14(15)18-3-2-8-25-18/h2-9,14-15H,10-11H2,1H3,(H,22,24)/t14-,15-/m1/s1. The number of benzene rings is 1. The number of rotatable bonds is 5. The number of furan rings is 1. The van der Waals surface area contributed by atoms with Gasteiger partial charge in [-0.1, -0.05) is 6.07 Å². The fourth-order valence-electron chi connectivity index (χ4n) is 3.11. The smallest absolute Gasteiger partial charge is 0.224 e. The monoisotopic (exact) mass is 339 g/mol. The van der Waals surface area contributed by atoms with Crippen molar-refractivity contribution in [2.24, 2.45) is 5.92 Å². The minimum Gasteiger partial charge on any atom is -0.469 e. The van der Waals surface area contributed by atoms with Crippen LogP contribution >= 0.6 is 0 Å². The van der Waals surface area contributed by atoms with Crippen LogP contribution in [-0.2, 0) is 11.3 Å². The maximum Gasteiger partial charge on any atom is 0.224 e. The van der Waals surface area contributed by atoms with E-state index >= 15 is 0 Å². The first-order valence-electron chi connectivity index (χ1n) is 8.23. The van der Waals surface area contributed by atoms with Crippen LogP contribution in [0.15, 0.2) is 53.4 Å². The zero-order chi connectivity index (χ0) is 17.4. The number of nitrogens with zero attached hydrogens (tertiary/aromatic N) is 2. The van der Waals surface area contributed by atoms with Crippen molar-refractivity contribution in [3.8, 4) is 5.69 Å². The number of hydrogen-bond acceptors (Lipinski definition) is 3. The lowest BCUT2D eigenvalue weighted by Crippen LogP contribution is -2.25. The summed E-state index contributed by atoms with van der Waals surface area (Å²) < 4.78 is 21.4. The van der Waals surface area contributed by atoms with Crippen molar-refractivity contribution in [1.29, 1.82) is 0 Å². The molecule has 2 aromatic heterocycles. The van der Waals surface area contributed by atoms with Crippen molar-refractivity contribution in [3.63, 3.8) is 0 Å². The van der Waals surface area contributed by atoms with E-state index in [2.05, 4.69) is 10.3 Å². The third kappa shape index (κ3) is 3.07. The molecule has 1 fully saturated rings. The largest absolute Gasteiger partial charge is 0.469 e. The number of aryl methyl sites for hydroxylation is 1. The number of amides is 1. The summed E-state index contributed by atoms with van der Waals surface area (Å²) in [5, 5.41) is 2.88. The first-order valence-corrected chi connectivity index (χ1v) is 8.23. The molecular formula is C19H18FN3O2. The van der Waals surface area contributed by atoms with Gasteiger partial charge in [0.15, 0.2) is 0 Å². The summed E-state index contributed by atoms with van der Waals surface area (Å²) in [5.41, 5.74) is 1.17. The van der Waals surface area contributed by atoms with Gasteiger partial charge in [0, 0.05) is 30.8 Å². The Hall–Kier alpha value is -2.89. The molecule has 4 rings (SSSR count). The molecule has 0 unspecified atom stereocenters. The Morgan fingerprint density at radius 2 is 2.32 bits per heavy atom. The number of aromatic nitrogens is 2. The molecule has 3 aromatic rings. The Balaban J connectivity index is 1.38. The van der Waals surface area contributed by atoms with Crippen LogP contribution in [0.25, 0.3) is 5.69 Å². The van der Waals surface area contributed by atoms with Crippen molar-refractivity contribution in [3.05, 3.63) is 72.0 Å². The van der Waals surface area contributed by atoms with E-state index in [0.29, 0.717) is 12.2 Å². The molecule has 128 valence electrons. The predicted octanol–water partition coefficient (Wildman–Crippen LogP) is 3.33. The quantitative estimate of drug-likeness (QED) is 0.776. The first kappa shape index (κ1) is 15.6. The van der Waals surface area contributed by atoms with Crippen molar-refractivity contribution >= 4 is 5.91 Å². The minimum absolute atomic E-state index is 0.0173. The number of nitrogens with one attached hydrogen (secondary N) is 1. The second-order valence-electron chi connectivity index (χ2n) is 6.31. The molecule has 2 atom stereocenters. The normalized spacial score (nSPS) is 19.0. The average Bonchev–Trinajstić information content (AvgIpc) is 3.01. The van der Waals surface area contributed by atoms with Gasteiger partial charge >= 0.3 is 0 Å². The highest BCUT2D eigenvalue weighted by molar-refractivity contribution is 5.82. The summed E-state index contributed by atoms with van der Waals surface area (Å²) in [6.45, 7) is 2.12. The molecule has 1 saturated carbocycles. The average molecular weight is 339 g/mol. The van der Waals surface area contributed by atoms with Gasteiger partial charge in [0.2, 0.25) is 5.91 Å². The Morgan fingerprint density at radius 3 is 3.00 bits per heavy atom. The van der Waals surface area contributed by atoms with Crippen LogP contribution in [0.4, 0.5) is 4.39 Å². The van der Waals surface area contributed by atoms with Gasteiger partial charge in [-0.3, -0.25) is 4.79 Å². The van der Waals surface area contributed by atoms with Gasteiger partial charge in [-0.2, -0.15) is 0 Å². The van der Waals surface area contributed by atoms with Gasteiger partial charge in [0.25, 0.3) is 0 Å². The molecule has 0 saturated heterocycles. The third-order valence-electron chi connectivity index (χ3n) is 4.60. The van der Waals surface area contributed by atoms with Gasteiger partial charge in [-0.05, 0) is 43.2 Å². The van der Waals surface area contributed by atoms with E-state index in [4.69, 9.17) is 4.42 Å². The van der Waals surface area contributed by atoms with E-state index in [1.165, 1.54) is 6.07 Å². The second-order valence-corrected chi connectivity index (χ2v) is 6.31. The lowest BCUT2D eigenvalue weighted by Gasteiger charge is -2.09. The van der Waals surface area contributed by atoms with Crippen LogP contribution in [0.2, 0.25) is 0 Å². The first-order chi connectivity index (χ1) is 12.1. The van der Waals surface area contributed by atoms with E-state index < -0.39 is 0 Å². The molecule has 1 N–H and O–H groups in total. The lowest BCUT2D eigenvalue weighted by atomic mass is 10.2. The number of imidazole rings is 1. The molecule has 25 heavy (non-hydrogen) atoms. The maximum atomic E-state index is 14.4. The van der Waals surface area contributed by atoms with Gasteiger partial charge in [0.1, 0.15) is 17.4 Å². The molecule has 0 spiro atoms. The minimum atomic E-state index is -0.340. The highest BCUT2D eigenvalue weighted by atomic mass is 19.1. The van der Waals surface area contributed by atoms with Crippen LogP contribution in [0.1, 0.15) is 29.5 Å². The van der Waals surface area contributed by atoms with Gasteiger partial charge in [-0.15, -0.1) is 0 Å². The highest BCUT2D eigenvalue weighted by Crippen LogP contribution is 2.47. The number of carbonyl (C=O) groups excluding carboxylic acids is 1. The van der Waals surface area contributed by atoms with Crippen molar-refractivity contribution < 1.29 is 13.6 Å². The molecule has 1 amide bonds. The predicted molar refractivity (Wildman–Crippen MR) is 89.7 cm³/mol. The Morgan fingerprint density at radius 1 is 1.44 bits per heavy atom. The second kappa shape index (κ2) is 6.20. The van der Waals surface area contributed by atoms with Crippen LogP contribution in [-0.4, -0.2) is 15.5 Å². The summed E-state index contributed by atoms with van der Waals surface area (Å²) in [7, 11) is 0. The molecule has 1 aliphatic carbocycles. The summed E-state index contributed by atoms with van der Waals surface area (Å²) in [6, 6.07) is 8.69. The zero-order valence-corrected chi connectivity index (χ0v) is 13.8. The van der Waals surface area contributed by atoms with Gasteiger partial charge in [-0.25, -0.2) is 9.37 Å². The summed E-state index contributed by atoms with van der Waals surface area (Å²) in [4.78, 5) is 16.3. The lowest BCUT2D eigenvalue weighted by molar-refractivity contribution is -0.122. The number of halogens is 1. The molecule has 0 bridgehead atoms. The molecule has 1 aromatic carbocycles. The van der Waals surface area contributed by atoms with Crippen molar-refractivity contribution in [1.82, 2.24) is 14.9 Å². The van der Waals surface area contributed by atoms with E-state index in [9.17, 15) is 9.18 Å². The maximum absolute atomic E-state index is 14.4. The molecule has 6 heteroatoms. The van der Waals surface area contributed by atoms with Gasteiger partial charge < -0.3 is 14.3 Å². The molecule has 2 heterocycles. The van der Waals surface area contributed by atoms with Crippen LogP contribution in [0.5, 0.6) is 0 Å². The van der Waals surface area contributed by atoms with Crippen LogP contribution < -0.4 is 5.32 Å². The molecular weight excluding hydrogens is 321 g/mol. The van der Waals surface area contributed by atoms with E-state index in [1.54, 1.807) is 29.3 Å². The Labute approximate surface area is 144 Å². The Bertz CT molecular complexity index is 901. The summed E-state index contributed by atoms with van der Waals surface area (Å²) in [6.07, 6.45) is 5.77. The summed E-state index contributed by atoms with van der Waals surface area (Å²) >= 11 is 0. The molecule has 0 aliphatic heterocycles. The van der Waals surface area contributed by atoms with E-state index in [0.717, 1.165) is 23.6 Å². The number of hydrogen-bond donors (Lipinski definition) is 1. The molecule has 1 aliphatic rings. The van der Waals surface area contributed by atoms with E-state index in [1.807, 2.05) is 25.1 Å². The fraction of sp³-hybridized carbons (Fsp3) is 0.263. The zero-order valence-electron chi connectivity index (χ0n) is 13.8. The SMILES string of the molecule is Cc1nccn1-c1ccc(CNC(=O)[C@@H]2C[C@H]2c2ccco2)cc1F. The van der Waals surface area contributed by atoms with Crippen molar-refractivity contribution in [2.75, 3.05) is 0 Å².